The summed E-state index contributed by atoms with van der Waals surface area (Å²) in [4.78, 5) is 15.7. The topological polar surface area (TPSA) is 102 Å². The molecule has 0 fully saturated rings. The number of sulfonamides is 1. The monoisotopic (exact) mass is 341 g/mol. The fraction of sp³-hybridized carbons (Fsp3) is 0.143. The summed E-state index contributed by atoms with van der Waals surface area (Å²) in [5, 5.41) is 7.79. The van der Waals surface area contributed by atoms with E-state index in [0.717, 1.165) is 5.56 Å². The number of hydrogen-bond donors (Lipinski definition) is 2. The Kier molecular flexibility index (Phi) is 6.48. The summed E-state index contributed by atoms with van der Waals surface area (Å²) in [5.41, 5.74) is 1.41. The molecule has 0 saturated carbocycles. The van der Waals surface area contributed by atoms with Crippen LogP contribution in [0.15, 0.2) is 53.7 Å². The van der Waals surface area contributed by atoms with Crippen molar-refractivity contribution in [2.75, 3.05) is 6.54 Å². The highest BCUT2D eigenvalue weighted by atomic mass is 35.5. The van der Waals surface area contributed by atoms with Crippen LogP contribution in [-0.2, 0) is 16.4 Å². The Morgan fingerprint density at radius 2 is 1.86 bits per heavy atom. The molecule has 3 N–H and O–H groups in total. The Morgan fingerprint density at radius 3 is 2.41 bits per heavy atom. The lowest BCUT2D eigenvalue weighted by molar-refractivity contribution is 0.0954. The molecule has 118 valence electrons. The van der Waals surface area contributed by atoms with E-state index in [9.17, 15) is 13.2 Å². The van der Waals surface area contributed by atoms with Crippen LogP contribution in [0.3, 0.4) is 0 Å². The van der Waals surface area contributed by atoms with Gasteiger partial charge < -0.3 is 5.32 Å². The molecule has 0 bridgehead atoms. The summed E-state index contributed by atoms with van der Waals surface area (Å²) in [6, 6.07) is 9.64. The first kappa shape index (κ1) is 18.1. The number of nitrogens with one attached hydrogen (secondary N) is 1. The van der Waals surface area contributed by atoms with Crippen LogP contribution in [0.4, 0.5) is 0 Å². The van der Waals surface area contributed by atoms with Gasteiger partial charge in [-0.1, -0.05) is 12.1 Å². The van der Waals surface area contributed by atoms with E-state index in [0.29, 0.717) is 18.5 Å². The van der Waals surface area contributed by atoms with Crippen molar-refractivity contribution in [1.82, 2.24) is 10.3 Å². The van der Waals surface area contributed by atoms with Crippen molar-refractivity contribution in [3.63, 3.8) is 0 Å². The van der Waals surface area contributed by atoms with Crippen LogP contribution in [0.2, 0.25) is 0 Å². The highest BCUT2D eigenvalue weighted by Crippen LogP contribution is 2.09. The number of nitrogens with two attached hydrogens (primary N) is 1. The van der Waals surface area contributed by atoms with Gasteiger partial charge in [-0.2, -0.15) is 0 Å². The van der Waals surface area contributed by atoms with Crippen LogP contribution in [-0.4, -0.2) is 25.9 Å². The predicted octanol–water partition coefficient (Wildman–Crippen LogP) is 1.12. The number of rotatable bonds is 5. The van der Waals surface area contributed by atoms with Crippen LogP contribution in [0.5, 0.6) is 0 Å². The number of nitrogens with zero attached hydrogens (tertiary/aromatic N) is 1. The molecule has 8 heteroatoms. The lowest BCUT2D eigenvalue weighted by atomic mass is 10.1. The van der Waals surface area contributed by atoms with E-state index in [1.807, 2.05) is 0 Å². The highest BCUT2D eigenvalue weighted by molar-refractivity contribution is 7.89. The first-order valence-electron chi connectivity index (χ1n) is 6.27. The second kappa shape index (κ2) is 7.88. The predicted molar refractivity (Wildman–Crippen MR) is 85.3 cm³/mol. The van der Waals surface area contributed by atoms with Gasteiger partial charge in [-0.05, 0) is 36.2 Å². The van der Waals surface area contributed by atoms with Gasteiger partial charge in [0.25, 0.3) is 5.91 Å². The van der Waals surface area contributed by atoms with Crippen molar-refractivity contribution in [3.05, 3.63) is 59.9 Å². The third kappa shape index (κ3) is 5.10. The van der Waals surface area contributed by atoms with Crippen molar-refractivity contribution >= 4 is 28.3 Å². The van der Waals surface area contributed by atoms with Crippen LogP contribution in [0, 0.1) is 0 Å². The Morgan fingerprint density at radius 1 is 1.18 bits per heavy atom. The Hall–Kier alpha value is -1.96. The molecule has 0 saturated heterocycles. The summed E-state index contributed by atoms with van der Waals surface area (Å²) < 4.78 is 22.2. The van der Waals surface area contributed by atoms with Crippen LogP contribution >= 0.6 is 12.4 Å². The van der Waals surface area contributed by atoms with Gasteiger partial charge in [0.2, 0.25) is 10.0 Å². The molecule has 1 aromatic heterocycles. The van der Waals surface area contributed by atoms with Gasteiger partial charge in [0, 0.05) is 18.9 Å². The number of aromatic nitrogens is 1. The number of carbonyl (C=O) groups is 1. The molecule has 22 heavy (non-hydrogen) atoms. The molecule has 0 aliphatic carbocycles. The molecule has 0 atom stereocenters. The quantitative estimate of drug-likeness (QED) is 0.850. The number of halogens is 1. The molecule has 2 rings (SSSR count). The molecule has 1 amide bonds. The summed E-state index contributed by atoms with van der Waals surface area (Å²) in [7, 11) is -3.67. The van der Waals surface area contributed by atoms with Crippen LogP contribution in [0.25, 0.3) is 0 Å². The standard InChI is InChI=1S/C14H15N3O3S.ClH/c15-21(19,20)13-5-3-11(4-6-13)7-9-17-14(18)12-2-1-8-16-10-12;/h1-6,8,10H,7,9H2,(H,17,18)(H2,15,19,20);1H. The number of hydrogen-bond acceptors (Lipinski definition) is 4. The lowest BCUT2D eigenvalue weighted by Crippen LogP contribution is -2.25. The molecular formula is C14H16ClN3O3S. The maximum Gasteiger partial charge on any atom is 0.252 e. The molecule has 0 unspecified atom stereocenters. The maximum absolute atomic E-state index is 11.8. The second-order valence-corrected chi connectivity index (χ2v) is 6.00. The zero-order valence-electron chi connectivity index (χ0n) is 11.6. The van der Waals surface area contributed by atoms with E-state index in [-0.39, 0.29) is 23.2 Å². The summed E-state index contributed by atoms with van der Waals surface area (Å²) in [6.07, 6.45) is 3.69. The molecule has 1 heterocycles. The van der Waals surface area contributed by atoms with Gasteiger partial charge in [-0.25, -0.2) is 13.6 Å². The highest BCUT2D eigenvalue weighted by Gasteiger charge is 2.07. The molecule has 1 aromatic carbocycles. The molecule has 6 nitrogen and oxygen atoms in total. The number of carbonyl (C=O) groups excluding carboxylic acids is 1. The van der Waals surface area contributed by atoms with Gasteiger partial charge in [0.15, 0.2) is 0 Å². The van der Waals surface area contributed by atoms with Crippen LogP contribution < -0.4 is 10.5 Å². The zero-order chi connectivity index (χ0) is 15.3. The van der Waals surface area contributed by atoms with Gasteiger partial charge in [-0.3, -0.25) is 9.78 Å². The Balaban J connectivity index is 0.00000242. The van der Waals surface area contributed by atoms with Gasteiger partial charge in [0.1, 0.15) is 0 Å². The van der Waals surface area contributed by atoms with E-state index in [1.165, 1.54) is 18.3 Å². The summed E-state index contributed by atoms with van der Waals surface area (Å²) in [5.74, 6) is -0.191. The lowest BCUT2D eigenvalue weighted by Gasteiger charge is -2.06. The first-order valence-corrected chi connectivity index (χ1v) is 7.81. The molecule has 0 radical (unpaired) electrons. The molecule has 0 aliphatic rings. The molecule has 0 aliphatic heterocycles. The fourth-order valence-electron chi connectivity index (χ4n) is 1.77. The van der Waals surface area contributed by atoms with Crippen molar-refractivity contribution < 1.29 is 13.2 Å². The average molecular weight is 342 g/mol. The third-order valence-corrected chi connectivity index (χ3v) is 3.80. The number of pyridine rings is 1. The van der Waals surface area contributed by atoms with Gasteiger partial charge >= 0.3 is 0 Å². The summed E-state index contributed by atoms with van der Waals surface area (Å²) >= 11 is 0. The fourth-order valence-corrected chi connectivity index (χ4v) is 2.28. The van der Waals surface area contributed by atoms with E-state index in [1.54, 1.807) is 30.5 Å². The van der Waals surface area contributed by atoms with Crippen molar-refractivity contribution in [1.29, 1.82) is 0 Å². The minimum Gasteiger partial charge on any atom is -0.352 e. The maximum atomic E-state index is 11.8. The normalized spacial score (nSPS) is 10.6. The van der Waals surface area contributed by atoms with Crippen molar-refractivity contribution in [2.45, 2.75) is 11.3 Å². The minimum absolute atomic E-state index is 0. The minimum atomic E-state index is -3.67. The summed E-state index contributed by atoms with van der Waals surface area (Å²) in [6.45, 7) is 0.447. The molecular weight excluding hydrogens is 326 g/mol. The SMILES string of the molecule is Cl.NS(=O)(=O)c1ccc(CCNC(=O)c2cccnc2)cc1. The first-order chi connectivity index (χ1) is 9.97. The van der Waals surface area contributed by atoms with E-state index in [4.69, 9.17) is 5.14 Å². The second-order valence-electron chi connectivity index (χ2n) is 4.44. The molecule has 0 spiro atoms. The van der Waals surface area contributed by atoms with Gasteiger partial charge in [-0.15, -0.1) is 12.4 Å². The smallest absolute Gasteiger partial charge is 0.252 e. The van der Waals surface area contributed by atoms with Gasteiger partial charge in [0.05, 0.1) is 10.5 Å². The van der Waals surface area contributed by atoms with Crippen LogP contribution in [0.1, 0.15) is 15.9 Å². The van der Waals surface area contributed by atoms with E-state index in [2.05, 4.69) is 10.3 Å². The third-order valence-electron chi connectivity index (χ3n) is 2.87. The number of amides is 1. The van der Waals surface area contributed by atoms with Crippen molar-refractivity contribution in [3.8, 4) is 0 Å². The van der Waals surface area contributed by atoms with E-state index >= 15 is 0 Å². The Labute approximate surface area is 135 Å². The van der Waals surface area contributed by atoms with E-state index < -0.39 is 10.0 Å². The number of benzene rings is 1. The Bertz CT molecular complexity index is 719. The number of primary sulfonamides is 1. The molecule has 2 aromatic rings. The average Bonchev–Trinajstić information content (AvgIpc) is 2.47. The zero-order valence-corrected chi connectivity index (χ0v) is 13.2. The van der Waals surface area contributed by atoms with Crippen molar-refractivity contribution in [2.24, 2.45) is 5.14 Å². The largest absolute Gasteiger partial charge is 0.352 e.